The summed E-state index contributed by atoms with van der Waals surface area (Å²) in [6.07, 6.45) is -0.697. The van der Waals surface area contributed by atoms with Crippen LogP contribution < -0.4 is 4.74 Å². The molecule has 30 heavy (non-hydrogen) atoms. The van der Waals surface area contributed by atoms with Crippen LogP contribution in [0, 0.1) is 0 Å². The standard InChI is InChI=1S/C21H19NO8/c1-28-21(27)19-16(24)6-3-7-17(19)29-11-14(23)9-12-4-2-5-13(8-12)18-10-15(20(25)26)22-30-18/h2-8,10,14,23-24H,9,11H2,1H3,(H,25,26). The third-order valence-electron chi connectivity index (χ3n) is 4.24. The molecule has 0 aliphatic carbocycles. The first-order valence-electron chi connectivity index (χ1n) is 8.89. The average Bonchev–Trinajstić information content (AvgIpc) is 3.23. The molecule has 0 saturated heterocycles. The van der Waals surface area contributed by atoms with Crippen LogP contribution in [0.15, 0.2) is 53.1 Å². The highest BCUT2D eigenvalue weighted by molar-refractivity contribution is 5.95. The second kappa shape index (κ2) is 9.10. The van der Waals surface area contributed by atoms with Gasteiger partial charge in [-0.2, -0.15) is 0 Å². The largest absolute Gasteiger partial charge is 0.507 e. The molecule has 0 radical (unpaired) electrons. The fraction of sp³-hybridized carbons (Fsp3) is 0.190. The number of phenols is 1. The van der Waals surface area contributed by atoms with Crippen molar-refractivity contribution in [3.8, 4) is 22.8 Å². The maximum Gasteiger partial charge on any atom is 0.358 e. The molecule has 0 spiro atoms. The molecule has 0 aliphatic rings. The summed E-state index contributed by atoms with van der Waals surface area (Å²) in [5.41, 5.74) is 1.05. The van der Waals surface area contributed by atoms with E-state index < -0.39 is 18.0 Å². The van der Waals surface area contributed by atoms with Crippen LogP contribution in [0.1, 0.15) is 26.4 Å². The van der Waals surface area contributed by atoms with Crippen molar-refractivity contribution < 1.29 is 38.9 Å². The van der Waals surface area contributed by atoms with Gasteiger partial charge in [-0.15, -0.1) is 0 Å². The minimum Gasteiger partial charge on any atom is -0.507 e. The van der Waals surface area contributed by atoms with E-state index in [1.165, 1.54) is 31.4 Å². The Morgan fingerprint density at radius 1 is 1.17 bits per heavy atom. The monoisotopic (exact) mass is 413 g/mol. The molecule has 1 aromatic heterocycles. The molecule has 1 unspecified atom stereocenters. The topological polar surface area (TPSA) is 139 Å². The van der Waals surface area contributed by atoms with Gasteiger partial charge in [0.2, 0.25) is 0 Å². The third-order valence-corrected chi connectivity index (χ3v) is 4.24. The second-order valence-corrected chi connectivity index (χ2v) is 6.39. The number of carbonyl (C=O) groups excluding carboxylic acids is 1. The Morgan fingerprint density at radius 2 is 1.93 bits per heavy atom. The number of ether oxygens (including phenoxy) is 2. The second-order valence-electron chi connectivity index (χ2n) is 6.39. The Balaban J connectivity index is 1.67. The van der Waals surface area contributed by atoms with Crippen molar-refractivity contribution in [1.82, 2.24) is 5.16 Å². The number of methoxy groups -OCH3 is 1. The van der Waals surface area contributed by atoms with E-state index in [0.29, 0.717) is 11.3 Å². The van der Waals surface area contributed by atoms with Crippen LogP contribution in [0.4, 0.5) is 0 Å². The number of esters is 1. The number of nitrogens with zero attached hydrogens (tertiary/aromatic N) is 1. The number of aliphatic hydroxyl groups is 1. The lowest BCUT2D eigenvalue weighted by Crippen LogP contribution is -2.21. The Hall–Kier alpha value is -3.85. The minimum atomic E-state index is -1.19. The van der Waals surface area contributed by atoms with E-state index in [2.05, 4.69) is 9.89 Å². The van der Waals surface area contributed by atoms with Gasteiger partial charge in [0.05, 0.1) is 13.2 Å². The van der Waals surface area contributed by atoms with E-state index in [0.717, 1.165) is 5.56 Å². The third kappa shape index (κ3) is 4.76. The van der Waals surface area contributed by atoms with Gasteiger partial charge in [-0.1, -0.05) is 29.4 Å². The first-order chi connectivity index (χ1) is 14.4. The van der Waals surface area contributed by atoms with E-state index in [1.807, 2.05) is 0 Å². The molecular weight excluding hydrogens is 394 g/mol. The highest BCUT2D eigenvalue weighted by atomic mass is 16.5. The Morgan fingerprint density at radius 3 is 2.63 bits per heavy atom. The molecular formula is C21H19NO8. The molecule has 0 saturated carbocycles. The highest BCUT2D eigenvalue weighted by Crippen LogP contribution is 2.28. The number of rotatable bonds is 8. The molecule has 3 N–H and O–H groups in total. The number of aromatic nitrogens is 1. The van der Waals surface area contributed by atoms with E-state index in [4.69, 9.17) is 14.4 Å². The van der Waals surface area contributed by atoms with Gasteiger partial charge < -0.3 is 29.3 Å². The molecule has 0 bridgehead atoms. The van der Waals surface area contributed by atoms with Gasteiger partial charge >= 0.3 is 11.9 Å². The predicted molar refractivity (Wildman–Crippen MR) is 104 cm³/mol. The number of phenolic OH excluding ortho intramolecular Hbond substituents is 1. The highest BCUT2D eigenvalue weighted by Gasteiger charge is 2.19. The van der Waals surface area contributed by atoms with Crippen molar-refractivity contribution in [2.75, 3.05) is 13.7 Å². The zero-order valence-corrected chi connectivity index (χ0v) is 15.9. The van der Waals surface area contributed by atoms with Crippen molar-refractivity contribution in [3.05, 3.63) is 65.4 Å². The van der Waals surface area contributed by atoms with Crippen LogP contribution in [0.25, 0.3) is 11.3 Å². The maximum absolute atomic E-state index is 11.8. The van der Waals surface area contributed by atoms with E-state index >= 15 is 0 Å². The lowest BCUT2D eigenvalue weighted by Gasteiger charge is -2.15. The summed E-state index contributed by atoms with van der Waals surface area (Å²) in [7, 11) is 1.19. The molecule has 3 rings (SSSR count). The average molecular weight is 413 g/mol. The fourth-order valence-corrected chi connectivity index (χ4v) is 2.83. The van der Waals surface area contributed by atoms with Crippen molar-refractivity contribution in [1.29, 1.82) is 0 Å². The van der Waals surface area contributed by atoms with Crippen molar-refractivity contribution >= 4 is 11.9 Å². The summed E-state index contributed by atoms with van der Waals surface area (Å²) in [6.45, 7) is -0.136. The zero-order valence-electron chi connectivity index (χ0n) is 15.9. The normalized spacial score (nSPS) is 11.7. The minimum absolute atomic E-state index is 0.0949. The number of carbonyl (C=O) groups is 2. The molecule has 1 heterocycles. The van der Waals surface area contributed by atoms with Crippen molar-refractivity contribution in [2.45, 2.75) is 12.5 Å². The number of hydrogen-bond acceptors (Lipinski definition) is 8. The first kappa shape index (κ1) is 20.9. The molecule has 3 aromatic rings. The molecule has 2 aromatic carbocycles. The van der Waals surface area contributed by atoms with Gasteiger partial charge in [-0.05, 0) is 23.8 Å². The molecule has 0 fully saturated rings. The van der Waals surface area contributed by atoms with Crippen LogP contribution >= 0.6 is 0 Å². The number of carboxylic acid groups (broad SMARTS) is 1. The van der Waals surface area contributed by atoms with Gasteiger partial charge in [0.1, 0.15) is 23.7 Å². The van der Waals surface area contributed by atoms with Gasteiger partial charge in [-0.3, -0.25) is 0 Å². The lowest BCUT2D eigenvalue weighted by molar-refractivity contribution is 0.0584. The van der Waals surface area contributed by atoms with E-state index in [1.54, 1.807) is 24.3 Å². The summed E-state index contributed by atoms with van der Waals surface area (Å²) >= 11 is 0. The van der Waals surface area contributed by atoms with Crippen LogP contribution in [0.5, 0.6) is 11.5 Å². The van der Waals surface area contributed by atoms with Crippen LogP contribution in [0.3, 0.4) is 0 Å². The number of aromatic carboxylic acids is 1. The molecule has 9 nitrogen and oxygen atoms in total. The predicted octanol–water partition coefficient (Wildman–Crippen LogP) is 2.51. The lowest BCUT2D eigenvalue weighted by atomic mass is 10.0. The van der Waals surface area contributed by atoms with E-state index in [9.17, 15) is 19.8 Å². The summed E-state index contributed by atoms with van der Waals surface area (Å²) in [4.78, 5) is 22.8. The van der Waals surface area contributed by atoms with Crippen LogP contribution in [-0.4, -0.2) is 52.2 Å². The summed E-state index contributed by atoms with van der Waals surface area (Å²) < 4.78 is 15.2. The Labute approximate surface area is 171 Å². The smallest absolute Gasteiger partial charge is 0.358 e. The molecule has 156 valence electrons. The van der Waals surface area contributed by atoms with E-state index in [-0.39, 0.29) is 35.8 Å². The summed E-state index contributed by atoms with van der Waals surface area (Å²) in [5, 5.41) is 32.6. The molecule has 0 aliphatic heterocycles. The van der Waals surface area contributed by atoms with Crippen molar-refractivity contribution in [2.24, 2.45) is 0 Å². The Bertz CT molecular complexity index is 1060. The fourth-order valence-electron chi connectivity index (χ4n) is 2.83. The number of hydrogen-bond donors (Lipinski definition) is 3. The molecule has 0 amide bonds. The van der Waals surface area contributed by atoms with Crippen LogP contribution in [0.2, 0.25) is 0 Å². The van der Waals surface area contributed by atoms with Gasteiger partial charge in [-0.25, -0.2) is 9.59 Å². The van der Waals surface area contributed by atoms with Gasteiger partial charge in [0, 0.05) is 18.1 Å². The molecule has 9 heteroatoms. The molecule has 1 atom stereocenters. The van der Waals surface area contributed by atoms with Crippen LogP contribution in [-0.2, 0) is 11.2 Å². The number of benzene rings is 2. The number of carboxylic acids is 1. The first-order valence-corrected chi connectivity index (χ1v) is 8.89. The SMILES string of the molecule is COC(=O)c1c(O)cccc1OCC(O)Cc1cccc(-c2cc(C(=O)O)no2)c1. The van der Waals surface area contributed by atoms with Gasteiger partial charge in [0.15, 0.2) is 11.5 Å². The quantitative estimate of drug-likeness (QED) is 0.475. The summed E-state index contributed by atoms with van der Waals surface area (Å²) in [5.74, 6) is -1.83. The summed E-state index contributed by atoms with van der Waals surface area (Å²) in [6, 6.07) is 12.6. The zero-order chi connectivity index (χ0) is 21.7. The van der Waals surface area contributed by atoms with Gasteiger partial charge in [0.25, 0.3) is 0 Å². The maximum atomic E-state index is 11.8. The Kier molecular flexibility index (Phi) is 6.33. The van der Waals surface area contributed by atoms with Crippen molar-refractivity contribution in [3.63, 3.8) is 0 Å². The number of aromatic hydroxyl groups is 1. The number of aliphatic hydroxyl groups excluding tert-OH is 1.